The van der Waals surface area contributed by atoms with Gasteiger partial charge in [0.1, 0.15) is 0 Å². The smallest absolute Gasteiger partial charge is 0.308 e. The Hall–Kier alpha value is -2.97. The zero-order chi connectivity index (χ0) is 15.6. The number of carbonyl (C=O) groups is 3. The molecule has 110 valence electrons. The number of hydrogen-bond acceptors (Lipinski definition) is 5. The van der Waals surface area contributed by atoms with E-state index in [2.05, 4.69) is 5.43 Å². The lowest BCUT2D eigenvalue weighted by molar-refractivity contribution is -0.384. The highest BCUT2D eigenvalue weighted by atomic mass is 16.6. The van der Waals surface area contributed by atoms with E-state index in [0.717, 1.165) is 5.01 Å². The number of carboxylic acids is 1. The summed E-state index contributed by atoms with van der Waals surface area (Å²) in [5.74, 6) is -3.08. The van der Waals surface area contributed by atoms with E-state index in [1.807, 2.05) is 0 Å². The van der Waals surface area contributed by atoms with Gasteiger partial charge in [-0.25, -0.2) is 0 Å². The monoisotopic (exact) mass is 293 g/mol. The average molecular weight is 293 g/mol. The molecule has 1 heterocycles. The van der Waals surface area contributed by atoms with Crippen LogP contribution in [0.3, 0.4) is 0 Å². The standard InChI is InChI=1S/C12H11N3O6/c16-10-5-8(12(18)19)6-14(10)13-11(17)7-1-3-9(4-2-7)15(20)21/h1-4,8H,5-6H2,(H,13,17)(H,18,19)/t8-/m1/s1. The number of nitro groups is 1. The molecule has 0 bridgehead atoms. The zero-order valence-electron chi connectivity index (χ0n) is 10.7. The first kappa shape index (κ1) is 14.4. The van der Waals surface area contributed by atoms with Gasteiger partial charge in [0.15, 0.2) is 0 Å². The number of nitro benzene ring substituents is 1. The van der Waals surface area contributed by atoms with Gasteiger partial charge in [-0.15, -0.1) is 0 Å². The van der Waals surface area contributed by atoms with E-state index in [1.54, 1.807) is 0 Å². The average Bonchev–Trinajstić information content (AvgIpc) is 2.80. The number of aliphatic carboxylic acids is 1. The summed E-state index contributed by atoms with van der Waals surface area (Å²) >= 11 is 0. The van der Waals surface area contributed by atoms with Crippen LogP contribution in [0, 0.1) is 16.0 Å². The third kappa shape index (κ3) is 3.14. The Morgan fingerprint density at radius 2 is 1.95 bits per heavy atom. The van der Waals surface area contributed by atoms with E-state index in [4.69, 9.17) is 5.11 Å². The number of nitrogens with zero attached hydrogens (tertiary/aromatic N) is 2. The first-order valence-corrected chi connectivity index (χ1v) is 5.97. The van der Waals surface area contributed by atoms with E-state index in [-0.39, 0.29) is 24.2 Å². The van der Waals surface area contributed by atoms with Crippen molar-refractivity contribution in [2.75, 3.05) is 6.54 Å². The molecule has 1 aromatic carbocycles. The van der Waals surface area contributed by atoms with Gasteiger partial charge in [0, 0.05) is 24.1 Å². The van der Waals surface area contributed by atoms with Gasteiger partial charge in [-0.2, -0.15) is 0 Å². The quantitative estimate of drug-likeness (QED) is 0.601. The van der Waals surface area contributed by atoms with E-state index >= 15 is 0 Å². The Morgan fingerprint density at radius 1 is 1.33 bits per heavy atom. The fourth-order valence-corrected chi connectivity index (χ4v) is 1.90. The van der Waals surface area contributed by atoms with Crippen LogP contribution in [0.1, 0.15) is 16.8 Å². The Morgan fingerprint density at radius 3 is 2.43 bits per heavy atom. The molecule has 21 heavy (non-hydrogen) atoms. The molecule has 1 aliphatic heterocycles. The predicted molar refractivity (Wildman–Crippen MR) is 68.0 cm³/mol. The summed E-state index contributed by atoms with van der Waals surface area (Å²) in [6, 6.07) is 4.84. The van der Waals surface area contributed by atoms with Gasteiger partial charge in [-0.05, 0) is 12.1 Å². The summed E-state index contributed by atoms with van der Waals surface area (Å²) in [4.78, 5) is 44.1. The Balaban J connectivity index is 2.03. The lowest BCUT2D eigenvalue weighted by Crippen LogP contribution is -2.43. The Bertz CT molecular complexity index is 612. The van der Waals surface area contributed by atoms with Crippen LogP contribution >= 0.6 is 0 Å². The van der Waals surface area contributed by atoms with E-state index in [0.29, 0.717) is 0 Å². The van der Waals surface area contributed by atoms with Crippen molar-refractivity contribution in [3.63, 3.8) is 0 Å². The molecule has 0 radical (unpaired) electrons. The van der Waals surface area contributed by atoms with Crippen LogP contribution in [-0.2, 0) is 9.59 Å². The van der Waals surface area contributed by atoms with Crippen molar-refractivity contribution in [1.82, 2.24) is 10.4 Å². The van der Waals surface area contributed by atoms with Gasteiger partial charge in [0.2, 0.25) is 5.91 Å². The predicted octanol–water partition coefficient (Wildman–Crippen LogP) is 0.173. The van der Waals surface area contributed by atoms with Crippen molar-refractivity contribution in [2.24, 2.45) is 5.92 Å². The molecule has 9 heteroatoms. The molecule has 0 unspecified atom stereocenters. The minimum absolute atomic E-state index is 0.104. The number of carboxylic acid groups (broad SMARTS) is 1. The summed E-state index contributed by atoms with van der Waals surface area (Å²) in [5, 5.41) is 20.3. The van der Waals surface area contributed by atoms with Gasteiger partial charge in [0.25, 0.3) is 11.6 Å². The number of hydrazine groups is 1. The number of nitrogens with one attached hydrogen (secondary N) is 1. The van der Waals surface area contributed by atoms with Crippen LogP contribution in [0.15, 0.2) is 24.3 Å². The molecule has 1 fully saturated rings. The third-order valence-corrected chi connectivity index (χ3v) is 3.05. The van der Waals surface area contributed by atoms with Crippen molar-refractivity contribution in [3.8, 4) is 0 Å². The normalized spacial score (nSPS) is 17.6. The van der Waals surface area contributed by atoms with Gasteiger partial charge >= 0.3 is 5.97 Å². The van der Waals surface area contributed by atoms with Crippen LogP contribution in [0.2, 0.25) is 0 Å². The maximum absolute atomic E-state index is 11.9. The first-order valence-electron chi connectivity index (χ1n) is 5.97. The zero-order valence-corrected chi connectivity index (χ0v) is 10.7. The molecule has 2 rings (SSSR count). The van der Waals surface area contributed by atoms with E-state index in [9.17, 15) is 24.5 Å². The molecular weight excluding hydrogens is 282 g/mol. The molecule has 1 aliphatic rings. The highest BCUT2D eigenvalue weighted by Gasteiger charge is 2.35. The Kier molecular flexibility index (Phi) is 3.83. The summed E-state index contributed by atoms with van der Waals surface area (Å²) in [7, 11) is 0. The summed E-state index contributed by atoms with van der Waals surface area (Å²) in [6.45, 7) is -0.104. The van der Waals surface area contributed by atoms with Crippen molar-refractivity contribution in [2.45, 2.75) is 6.42 Å². The lowest BCUT2D eigenvalue weighted by atomic mass is 10.1. The molecule has 1 atom stereocenters. The first-order chi connectivity index (χ1) is 9.88. The molecule has 0 saturated carbocycles. The molecule has 9 nitrogen and oxygen atoms in total. The largest absolute Gasteiger partial charge is 0.481 e. The SMILES string of the molecule is O=C(NN1C[C@H](C(=O)O)CC1=O)c1ccc([N+](=O)[O-])cc1. The number of non-ortho nitro benzene ring substituents is 1. The van der Waals surface area contributed by atoms with Crippen molar-refractivity contribution in [1.29, 1.82) is 0 Å². The summed E-state index contributed by atoms with van der Waals surface area (Å²) in [6.07, 6.45) is -0.171. The number of amides is 2. The number of benzene rings is 1. The fourth-order valence-electron chi connectivity index (χ4n) is 1.90. The van der Waals surface area contributed by atoms with Crippen LogP contribution < -0.4 is 5.43 Å². The minimum atomic E-state index is -1.10. The topological polar surface area (TPSA) is 130 Å². The van der Waals surface area contributed by atoms with Crippen LogP contribution in [0.25, 0.3) is 0 Å². The number of hydrogen-bond donors (Lipinski definition) is 2. The second kappa shape index (κ2) is 5.57. The van der Waals surface area contributed by atoms with Gasteiger partial charge < -0.3 is 5.11 Å². The minimum Gasteiger partial charge on any atom is -0.481 e. The molecule has 2 N–H and O–H groups in total. The second-order valence-corrected chi connectivity index (χ2v) is 4.49. The maximum atomic E-state index is 11.9. The van der Waals surface area contributed by atoms with Crippen molar-refractivity contribution < 1.29 is 24.4 Å². The fraction of sp³-hybridized carbons (Fsp3) is 0.250. The highest BCUT2D eigenvalue weighted by molar-refractivity contribution is 5.96. The summed E-state index contributed by atoms with van der Waals surface area (Å²) in [5.41, 5.74) is 2.26. The Labute approximate surface area is 118 Å². The van der Waals surface area contributed by atoms with Crippen LogP contribution in [-0.4, -0.2) is 39.4 Å². The molecular formula is C12H11N3O6. The molecule has 1 aromatic rings. The van der Waals surface area contributed by atoms with Crippen LogP contribution in [0.5, 0.6) is 0 Å². The molecule has 0 spiro atoms. The van der Waals surface area contributed by atoms with Gasteiger partial charge in [0.05, 0.1) is 17.4 Å². The second-order valence-electron chi connectivity index (χ2n) is 4.49. The van der Waals surface area contributed by atoms with E-state index in [1.165, 1.54) is 24.3 Å². The van der Waals surface area contributed by atoms with E-state index < -0.39 is 28.6 Å². The van der Waals surface area contributed by atoms with Gasteiger partial charge in [-0.1, -0.05) is 0 Å². The number of rotatable bonds is 4. The molecule has 1 saturated heterocycles. The maximum Gasteiger partial charge on any atom is 0.308 e. The van der Waals surface area contributed by atoms with Gasteiger partial charge in [-0.3, -0.25) is 34.9 Å². The van der Waals surface area contributed by atoms with Crippen molar-refractivity contribution in [3.05, 3.63) is 39.9 Å². The summed E-state index contributed by atoms with van der Waals surface area (Å²) < 4.78 is 0. The highest BCUT2D eigenvalue weighted by Crippen LogP contribution is 2.17. The van der Waals surface area contributed by atoms with Crippen LogP contribution in [0.4, 0.5) is 5.69 Å². The van der Waals surface area contributed by atoms with Crippen molar-refractivity contribution >= 4 is 23.5 Å². The molecule has 0 aromatic heterocycles. The molecule has 2 amide bonds. The lowest BCUT2D eigenvalue weighted by Gasteiger charge is -2.17. The third-order valence-electron chi connectivity index (χ3n) is 3.05. The number of carbonyl (C=O) groups excluding carboxylic acids is 2. The molecule has 0 aliphatic carbocycles.